The number of hydrogen-bond acceptors (Lipinski definition) is 4. The van der Waals surface area contributed by atoms with E-state index >= 15 is 0 Å². The summed E-state index contributed by atoms with van der Waals surface area (Å²) in [5, 5.41) is 2.18. The molecule has 2 atom stereocenters. The molecule has 0 unspecified atom stereocenters. The van der Waals surface area contributed by atoms with Crippen molar-refractivity contribution in [3.63, 3.8) is 0 Å². The van der Waals surface area contributed by atoms with Gasteiger partial charge < -0.3 is 9.80 Å². The maximum absolute atomic E-state index is 13.4. The maximum atomic E-state index is 13.4. The highest BCUT2D eigenvalue weighted by molar-refractivity contribution is 7.10. The lowest BCUT2D eigenvalue weighted by Gasteiger charge is -2.42. The molecule has 0 radical (unpaired) electrons. The largest absolute Gasteiger partial charge is 0.338 e. The quantitative estimate of drug-likeness (QED) is 0.497. The van der Waals surface area contributed by atoms with Gasteiger partial charge in [-0.15, -0.1) is 11.3 Å². The summed E-state index contributed by atoms with van der Waals surface area (Å²) in [5.74, 6) is 0.425. The normalized spacial score (nSPS) is 20.9. The number of unbranched alkanes of at least 4 members (excludes halogenated alkanes) is 3. The van der Waals surface area contributed by atoms with Gasteiger partial charge in [0.2, 0.25) is 11.8 Å². The van der Waals surface area contributed by atoms with Crippen LogP contribution in [0.4, 0.5) is 0 Å². The van der Waals surface area contributed by atoms with Crippen molar-refractivity contribution in [3.8, 4) is 0 Å². The Morgan fingerprint density at radius 1 is 1.00 bits per heavy atom. The van der Waals surface area contributed by atoms with Gasteiger partial charge in [-0.3, -0.25) is 14.5 Å². The summed E-state index contributed by atoms with van der Waals surface area (Å²) in [6, 6.07) is 11.2. The second-order valence-electron chi connectivity index (χ2n) is 9.92. The van der Waals surface area contributed by atoms with E-state index in [-0.39, 0.29) is 23.9 Å². The minimum absolute atomic E-state index is 0.0779. The summed E-state index contributed by atoms with van der Waals surface area (Å²) in [7, 11) is 0. The van der Waals surface area contributed by atoms with Crippen LogP contribution in [0.3, 0.4) is 0 Å². The van der Waals surface area contributed by atoms with E-state index in [1.165, 1.54) is 34.4 Å². The number of nitrogens with zero attached hydrogens (tertiary/aromatic N) is 3. The van der Waals surface area contributed by atoms with E-state index in [1.54, 1.807) is 0 Å². The van der Waals surface area contributed by atoms with Crippen molar-refractivity contribution in [3.05, 3.63) is 57.3 Å². The number of carbonyl (C=O) groups is 2. The first kappa shape index (κ1) is 24.9. The minimum atomic E-state index is 0.0779. The average Bonchev–Trinajstić information content (AvgIpc) is 3.31. The van der Waals surface area contributed by atoms with Crippen LogP contribution in [0.25, 0.3) is 0 Å². The van der Waals surface area contributed by atoms with E-state index in [2.05, 4.69) is 61.4 Å². The van der Waals surface area contributed by atoms with Gasteiger partial charge in [-0.1, -0.05) is 56.0 Å². The van der Waals surface area contributed by atoms with Crippen molar-refractivity contribution in [1.29, 1.82) is 0 Å². The Morgan fingerprint density at radius 3 is 2.53 bits per heavy atom. The number of thiophene rings is 1. The van der Waals surface area contributed by atoms with Crippen LogP contribution in [-0.2, 0) is 16.0 Å². The fourth-order valence-electron chi connectivity index (χ4n) is 5.35. The van der Waals surface area contributed by atoms with Gasteiger partial charge >= 0.3 is 0 Å². The molecule has 0 bridgehead atoms. The number of fused-ring (bicyclic) bond motifs is 1. The highest BCUT2D eigenvalue weighted by Gasteiger charge is 2.34. The van der Waals surface area contributed by atoms with Gasteiger partial charge in [0, 0.05) is 43.5 Å². The highest BCUT2D eigenvalue weighted by atomic mass is 32.1. The van der Waals surface area contributed by atoms with Crippen LogP contribution in [0.2, 0.25) is 0 Å². The third kappa shape index (κ3) is 5.72. The van der Waals surface area contributed by atoms with Crippen LogP contribution in [0.1, 0.15) is 73.6 Å². The van der Waals surface area contributed by atoms with Gasteiger partial charge in [0.1, 0.15) is 0 Å². The summed E-state index contributed by atoms with van der Waals surface area (Å²) < 4.78 is 0. The van der Waals surface area contributed by atoms with Gasteiger partial charge in [0.05, 0.1) is 12.6 Å². The first-order valence-electron chi connectivity index (χ1n) is 12.9. The van der Waals surface area contributed by atoms with Gasteiger partial charge in [-0.2, -0.15) is 0 Å². The van der Waals surface area contributed by atoms with Crippen LogP contribution in [0.5, 0.6) is 0 Å². The van der Waals surface area contributed by atoms with E-state index in [1.807, 2.05) is 21.1 Å². The zero-order valence-corrected chi connectivity index (χ0v) is 21.8. The first-order chi connectivity index (χ1) is 16.5. The standard InChI is InChI=1S/C28H39N3O2S/c1-4-5-6-7-8-26(32)31-17-16-29(19-22(31)3)27(33)20-30-15-13-25-24(14-18-34-25)28(30)23-11-9-21(2)10-12-23/h9-12,14,18,22,28H,4-8,13,15-17,19-20H2,1-3H3/t22-,28+/m1/s1. The lowest BCUT2D eigenvalue weighted by molar-refractivity contribution is -0.143. The molecule has 34 heavy (non-hydrogen) atoms. The van der Waals surface area contributed by atoms with E-state index in [9.17, 15) is 9.59 Å². The molecule has 0 aliphatic carbocycles. The molecule has 2 aromatic rings. The van der Waals surface area contributed by atoms with Crippen LogP contribution in [0.15, 0.2) is 35.7 Å². The highest BCUT2D eigenvalue weighted by Crippen LogP contribution is 2.37. The molecule has 2 aliphatic heterocycles. The second-order valence-corrected chi connectivity index (χ2v) is 10.9. The third-order valence-electron chi connectivity index (χ3n) is 7.34. The molecule has 5 nitrogen and oxygen atoms in total. The summed E-state index contributed by atoms with van der Waals surface area (Å²) in [4.78, 5) is 33.8. The number of aryl methyl sites for hydroxylation is 1. The van der Waals surface area contributed by atoms with Crippen molar-refractivity contribution in [1.82, 2.24) is 14.7 Å². The van der Waals surface area contributed by atoms with Gasteiger partial charge in [-0.05, 0) is 49.3 Å². The fourth-order valence-corrected chi connectivity index (χ4v) is 6.26. The fraction of sp³-hybridized carbons (Fsp3) is 0.571. The Bertz CT molecular complexity index is 970. The molecule has 184 valence electrons. The SMILES string of the molecule is CCCCCCC(=O)N1CCN(C(=O)CN2CCc3sccc3[C@@H]2c2ccc(C)cc2)C[C@H]1C. The number of benzene rings is 1. The Morgan fingerprint density at radius 2 is 1.79 bits per heavy atom. The molecule has 0 saturated carbocycles. The molecule has 0 spiro atoms. The van der Waals surface area contributed by atoms with Crippen LogP contribution in [-0.4, -0.2) is 65.3 Å². The molecule has 4 rings (SSSR count). The third-order valence-corrected chi connectivity index (χ3v) is 8.34. The van der Waals surface area contributed by atoms with Crippen molar-refractivity contribution in [2.75, 3.05) is 32.7 Å². The topological polar surface area (TPSA) is 43.9 Å². The van der Waals surface area contributed by atoms with E-state index in [0.29, 0.717) is 32.6 Å². The minimum Gasteiger partial charge on any atom is -0.338 e. The molecule has 1 aromatic carbocycles. The molecular weight excluding hydrogens is 442 g/mol. The molecule has 1 saturated heterocycles. The van der Waals surface area contributed by atoms with Crippen LogP contribution >= 0.6 is 11.3 Å². The molecule has 1 fully saturated rings. The van der Waals surface area contributed by atoms with Gasteiger partial charge in [-0.25, -0.2) is 0 Å². The summed E-state index contributed by atoms with van der Waals surface area (Å²) in [6.45, 7) is 9.61. The summed E-state index contributed by atoms with van der Waals surface area (Å²) in [6.07, 6.45) is 6.10. The number of rotatable bonds is 8. The molecule has 1 aromatic heterocycles. The number of carbonyl (C=O) groups excluding carboxylic acids is 2. The maximum Gasteiger partial charge on any atom is 0.236 e. The predicted molar refractivity (Wildman–Crippen MR) is 139 cm³/mol. The monoisotopic (exact) mass is 481 g/mol. The summed E-state index contributed by atoms with van der Waals surface area (Å²) in [5.41, 5.74) is 3.85. The lowest BCUT2D eigenvalue weighted by atomic mass is 9.92. The molecule has 3 heterocycles. The lowest BCUT2D eigenvalue weighted by Crippen LogP contribution is -2.57. The first-order valence-corrected chi connectivity index (χ1v) is 13.8. The van der Waals surface area contributed by atoms with Crippen molar-refractivity contribution < 1.29 is 9.59 Å². The van der Waals surface area contributed by atoms with E-state index in [0.717, 1.165) is 25.8 Å². The molecular formula is C28H39N3O2S. The number of amides is 2. The number of hydrogen-bond donors (Lipinski definition) is 0. The van der Waals surface area contributed by atoms with Crippen molar-refractivity contribution in [2.45, 2.75) is 71.4 Å². The predicted octanol–water partition coefficient (Wildman–Crippen LogP) is 5.03. The van der Waals surface area contributed by atoms with Crippen molar-refractivity contribution >= 4 is 23.2 Å². The Labute approximate surface area is 208 Å². The van der Waals surface area contributed by atoms with Crippen LogP contribution < -0.4 is 0 Å². The molecule has 2 amide bonds. The van der Waals surface area contributed by atoms with Crippen LogP contribution in [0, 0.1) is 6.92 Å². The average molecular weight is 482 g/mol. The van der Waals surface area contributed by atoms with Gasteiger partial charge in [0.15, 0.2) is 0 Å². The smallest absolute Gasteiger partial charge is 0.236 e. The van der Waals surface area contributed by atoms with E-state index < -0.39 is 0 Å². The number of piperazine rings is 1. The molecule has 0 N–H and O–H groups in total. The Kier molecular flexibility index (Phi) is 8.43. The molecule has 2 aliphatic rings. The zero-order chi connectivity index (χ0) is 24.1. The second kappa shape index (κ2) is 11.5. The van der Waals surface area contributed by atoms with E-state index in [4.69, 9.17) is 0 Å². The Balaban J connectivity index is 1.38. The zero-order valence-electron chi connectivity index (χ0n) is 21.0. The van der Waals surface area contributed by atoms with Crippen molar-refractivity contribution in [2.24, 2.45) is 0 Å². The molecule has 6 heteroatoms. The summed E-state index contributed by atoms with van der Waals surface area (Å²) >= 11 is 1.83. The van der Waals surface area contributed by atoms with Gasteiger partial charge in [0.25, 0.3) is 0 Å². The Hall–Kier alpha value is -2.18.